The van der Waals surface area contributed by atoms with Crippen LogP contribution in [0.25, 0.3) is 0 Å². The van der Waals surface area contributed by atoms with E-state index in [1.165, 1.54) is 4.90 Å². The lowest BCUT2D eigenvalue weighted by Crippen LogP contribution is -2.49. The van der Waals surface area contributed by atoms with Gasteiger partial charge in [-0.3, -0.25) is 14.6 Å². The van der Waals surface area contributed by atoms with Gasteiger partial charge in [-0.15, -0.1) is 0 Å². The van der Waals surface area contributed by atoms with Gasteiger partial charge < -0.3 is 10.2 Å². The van der Waals surface area contributed by atoms with E-state index in [1.807, 2.05) is 0 Å². The average molecular weight is 500 g/mol. The van der Waals surface area contributed by atoms with Gasteiger partial charge in [-0.05, 0) is 61.8 Å². The van der Waals surface area contributed by atoms with Crippen LogP contribution in [0.4, 0.5) is 22.0 Å². The van der Waals surface area contributed by atoms with Crippen molar-refractivity contribution in [2.45, 2.75) is 50.0 Å². The van der Waals surface area contributed by atoms with Gasteiger partial charge in [-0.1, -0.05) is 11.6 Å². The first kappa shape index (κ1) is 23.0. The first-order chi connectivity index (χ1) is 16.0. The molecule has 2 heterocycles. The van der Waals surface area contributed by atoms with Crippen molar-refractivity contribution in [1.29, 1.82) is 0 Å². The Morgan fingerprint density at radius 3 is 2.53 bits per heavy atom. The first-order valence-corrected chi connectivity index (χ1v) is 11.2. The van der Waals surface area contributed by atoms with E-state index in [1.54, 1.807) is 0 Å². The molecule has 34 heavy (non-hydrogen) atoms. The summed E-state index contributed by atoms with van der Waals surface area (Å²) in [6, 6.07) is 1.25. The van der Waals surface area contributed by atoms with Gasteiger partial charge in [0.05, 0.1) is 16.6 Å². The molecule has 0 unspecified atom stereocenters. The Hall–Kier alpha value is -2.75. The molecule has 11 heteroatoms. The highest BCUT2D eigenvalue weighted by Gasteiger charge is 2.57. The molecule has 2 aliphatic carbocycles. The van der Waals surface area contributed by atoms with E-state index in [4.69, 9.17) is 11.6 Å². The van der Waals surface area contributed by atoms with E-state index in [0.29, 0.717) is 31.7 Å². The van der Waals surface area contributed by atoms with Crippen LogP contribution in [0.2, 0.25) is 5.02 Å². The number of nitrogens with zero attached hydrogens (tertiary/aromatic N) is 2. The monoisotopic (exact) mass is 499 g/mol. The van der Waals surface area contributed by atoms with Crippen molar-refractivity contribution < 1.29 is 31.5 Å². The van der Waals surface area contributed by atoms with Gasteiger partial charge in [0.1, 0.15) is 23.4 Å². The van der Waals surface area contributed by atoms with Crippen LogP contribution in [0.15, 0.2) is 30.5 Å². The van der Waals surface area contributed by atoms with Crippen LogP contribution in [-0.2, 0) is 11.0 Å². The standard InChI is InChI=1S/C23H19ClF5N3O2/c24-14-9-15(25)13(8-16(14)26)20(10-1-2-10)31-21(33)19-6-11-5-18(11)32(19)22(34)17-7-12(3-4-30-17)23(27,28)29/h3-4,7-11,18-20H,1-2,5-6H2,(H,31,33)/t11-,18-,19-,20-/m1/s1. The lowest BCUT2D eigenvalue weighted by molar-refractivity contribution is -0.137. The molecule has 2 aromatic rings. The third kappa shape index (κ3) is 4.23. The predicted molar refractivity (Wildman–Crippen MR) is 111 cm³/mol. The fourth-order valence-corrected chi connectivity index (χ4v) is 4.89. The summed E-state index contributed by atoms with van der Waals surface area (Å²) in [4.78, 5) is 31.4. The van der Waals surface area contributed by atoms with Crippen LogP contribution in [0.3, 0.4) is 0 Å². The topological polar surface area (TPSA) is 62.3 Å². The van der Waals surface area contributed by atoms with Crippen LogP contribution in [-0.4, -0.2) is 33.8 Å². The zero-order chi connectivity index (χ0) is 24.4. The normalized spacial score (nSPS) is 24.5. The minimum absolute atomic E-state index is 0.0293. The number of fused-ring (bicyclic) bond motifs is 1. The summed E-state index contributed by atoms with van der Waals surface area (Å²) in [5.74, 6) is -2.91. The van der Waals surface area contributed by atoms with Gasteiger partial charge in [0, 0.05) is 17.8 Å². The van der Waals surface area contributed by atoms with Crippen molar-refractivity contribution in [2.75, 3.05) is 0 Å². The molecule has 2 saturated carbocycles. The zero-order valence-corrected chi connectivity index (χ0v) is 18.3. The number of alkyl halides is 3. The average Bonchev–Trinajstić information content (AvgIpc) is 3.72. The van der Waals surface area contributed by atoms with Gasteiger partial charge in [-0.25, -0.2) is 8.78 Å². The van der Waals surface area contributed by atoms with Gasteiger partial charge in [0.2, 0.25) is 5.91 Å². The van der Waals surface area contributed by atoms with Gasteiger partial charge >= 0.3 is 6.18 Å². The molecular formula is C23H19ClF5N3O2. The second-order valence-electron chi connectivity index (χ2n) is 9.07. The number of hydrogen-bond acceptors (Lipinski definition) is 3. The fourth-order valence-electron chi connectivity index (χ4n) is 4.74. The molecule has 0 radical (unpaired) electrons. The molecule has 1 aliphatic heterocycles. The Bertz CT molecular complexity index is 1170. The van der Waals surface area contributed by atoms with Crippen molar-refractivity contribution in [2.24, 2.45) is 11.8 Å². The highest BCUT2D eigenvalue weighted by molar-refractivity contribution is 6.30. The molecule has 1 aromatic carbocycles. The maximum atomic E-state index is 14.6. The number of halogens is 6. The molecular weight excluding hydrogens is 481 g/mol. The molecule has 1 N–H and O–H groups in total. The number of likely N-dealkylation sites (tertiary alicyclic amines) is 1. The van der Waals surface area contributed by atoms with Crippen molar-refractivity contribution in [3.63, 3.8) is 0 Å². The number of carbonyl (C=O) groups is 2. The maximum Gasteiger partial charge on any atom is 0.416 e. The van der Waals surface area contributed by atoms with E-state index in [2.05, 4.69) is 10.3 Å². The Balaban J connectivity index is 1.38. The highest BCUT2D eigenvalue weighted by atomic mass is 35.5. The molecule has 4 atom stereocenters. The second kappa shape index (κ2) is 8.18. The Kier molecular flexibility index (Phi) is 5.54. The molecule has 1 saturated heterocycles. The molecule has 5 nitrogen and oxygen atoms in total. The lowest BCUT2D eigenvalue weighted by atomic mass is 10.00. The summed E-state index contributed by atoms with van der Waals surface area (Å²) in [5, 5.41) is 2.38. The number of carbonyl (C=O) groups excluding carboxylic acids is 2. The van der Waals surface area contributed by atoms with Gasteiger partial charge in [0.25, 0.3) is 5.91 Å². The van der Waals surface area contributed by atoms with Crippen LogP contribution >= 0.6 is 11.6 Å². The summed E-state index contributed by atoms with van der Waals surface area (Å²) in [5.41, 5.74) is -1.43. The number of rotatable bonds is 5. The van der Waals surface area contributed by atoms with E-state index < -0.39 is 53.0 Å². The molecule has 0 bridgehead atoms. The van der Waals surface area contributed by atoms with E-state index in [0.717, 1.165) is 24.4 Å². The quantitative estimate of drug-likeness (QED) is 0.470. The molecule has 0 spiro atoms. The van der Waals surface area contributed by atoms with Crippen LogP contribution in [0.1, 0.15) is 53.3 Å². The minimum atomic E-state index is -4.64. The largest absolute Gasteiger partial charge is 0.416 e. The van der Waals surface area contributed by atoms with Crippen molar-refractivity contribution in [3.8, 4) is 0 Å². The fraction of sp³-hybridized carbons (Fsp3) is 0.435. The number of aromatic nitrogens is 1. The van der Waals surface area contributed by atoms with Crippen molar-refractivity contribution in [1.82, 2.24) is 15.2 Å². The first-order valence-electron chi connectivity index (χ1n) is 10.9. The zero-order valence-electron chi connectivity index (χ0n) is 17.6. The highest BCUT2D eigenvalue weighted by Crippen LogP contribution is 2.49. The van der Waals surface area contributed by atoms with E-state index in [-0.39, 0.29) is 28.5 Å². The number of nitrogens with one attached hydrogen (secondary N) is 1. The molecule has 3 fully saturated rings. The Morgan fingerprint density at radius 1 is 1.12 bits per heavy atom. The van der Waals surface area contributed by atoms with Crippen LogP contribution in [0, 0.1) is 23.5 Å². The summed E-state index contributed by atoms with van der Waals surface area (Å²) >= 11 is 5.64. The van der Waals surface area contributed by atoms with E-state index in [9.17, 15) is 31.5 Å². The van der Waals surface area contributed by atoms with Crippen LogP contribution < -0.4 is 5.32 Å². The number of piperidine rings is 1. The number of amides is 2. The minimum Gasteiger partial charge on any atom is -0.347 e. The van der Waals surface area contributed by atoms with Crippen molar-refractivity contribution in [3.05, 3.63) is 63.9 Å². The number of benzene rings is 1. The van der Waals surface area contributed by atoms with Crippen molar-refractivity contribution >= 4 is 23.4 Å². The lowest BCUT2D eigenvalue weighted by Gasteiger charge is -2.29. The summed E-state index contributed by atoms with van der Waals surface area (Å²) in [6.07, 6.45) is -1.32. The van der Waals surface area contributed by atoms with Gasteiger partial charge in [-0.2, -0.15) is 13.2 Å². The van der Waals surface area contributed by atoms with E-state index >= 15 is 0 Å². The number of hydrogen-bond donors (Lipinski definition) is 1. The predicted octanol–water partition coefficient (Wildman–Crippen LogP) is 4.90. The second-order valence-corrected chi connectivity index (χ2v) is 9.47. The molecule has 5 rings (SSSR count). The summed E-state index contributed by atoms with van der Waals surface area (Å²) in [6.45, 7) is 0. The maximum absolute atomic E-state index is 14.6. The molecule has 1 aromatic heterocycles. The van der Waals surface area contributed by atoms with Gasteiger partial charge in [0.15, 0.2) is 0 Å². The Labute approximate surface area is 196 Å². The Morgan fingerprint density at radius 2 is 1.85 bits per heavy atom. The summed E-state index contributed by atoms with van der Waals surface area (Å²) in [7, 11) is 0. The number of pyridine rings is 1. The van der Waals surface area contributed by atoms with Crippen LogP contribution in [0.5, 0.6) is 0 Å². The SMILES string of the molecule is O=C(N[C@@H](c1cc(F)c(Cl)cc1F)C1CC1)[C@H]1C[C@H]2C[C@H]2N1C(=O)c1cc(C(F)(F)F)ccn1. The third-order valence-electron chi connectivity index (χ3n) is 6.71. The third-order valence-corrected chi connectivity index (χ3v) is 7.00. The molecule has 180 valence electrons. The molecule has 3 aliphatic rings. The smallest absolute Gasteiger partial charge is 0.347 e. The summed E-state index contributed by atoms with van der Waals surface area (Å²) < 4.78 is 67.8. The molecule has 2 amide bonds.